The van der Waals surface area contributed by atoms with Gasteiger partial charge in [0, 0.05) is 25.1 Å². The van der Waals surface area contributed by atoms with Crippen molar-refractivity contribution >= 4 is 11.8 Å². The van der Waals surface area contributed by atoms with Gasteiger partial charge in [0.1, 0.15) is 6.20 Å². The van der Waals surface area contributed by atoms with Crippen molar-refractivity contribution in [3.8, 4) is 0 Å². The molecular weight excluding hydrogens is 370 g/mol. The zero-order chi connectivity index (χ0) is 20.4. The molecule has 7 heteroatoms. The van der Waals surface area contributed by atoms with Gasteiger partial charge in [-0.15, -0.1) is 0 Å². The van der Waals surface area contributed by atoms with Crippen LogP contribution in [0.5, 0.6) is 0 Å². The SMILES string of the molecule is CCOC(=O)N1CCC(C2c3ccccc3CCc3cc([N+](=O)[O-])cnc32)CC1. The normalized spacial score (nSPS) is 19.1. The number of aromatic nitrogens is 1. The van der Waals surface area contributed by atoms with Crippen molar-refractivity contribution in [3.63, 3.8) is 0 Å². The van der Waals surface area contributed by atoms with Crippen LogP contribution in [0, 0.1) is 16.0 Å². The number of piperidine rings is 1. The van der Waals surface area contributed by atoms with E-state index >= 15 is 0 Å². The first-order valence-electron chi connectivity index (χ1n) is 10.2. The second-order valence-electron chi connectivity index (χ2n) is 7.69. The summed E-state index contributed by atoms with van der Waals surface area (Å²) in [5.41, 5.74) is 4.52. The number of rotatable bonds is 3. The van der Waals surface area contributed by atoms with Gasteiger partial charge in [0.15, 0.2) is 0 Å². The second-order valence-corrected chi connectivity index (χ2v) is 7.69. The highest BCUT2D eigenvalue weighted by Gasteiger charge is 2.35. The van der Waals surface area contributed by atoms with Crippen LogP contribution in [0.15, 0.2) is 36.5 Å². The summed E-state index contributed by atoms with van der Waals surface area (Å²) in [6.45, 7) is 3.51. The van der Waals surface area contributed by atoms with Crippen molar-refractivity contribution in [3.05, 3.63) is 69.0 Å². The van der Waals surface area contributed by atoms with Gasteiger partial charge < -0.3 is 9.64 Å². The zero-order valence-electron chi connectivity index (χ0n) is 16.5. The molecule has 7 nitrogen and oxygen atoms in total. The van der Waals surface area contributed by atoms with Crippen molar-refractivity contribution in [1.82, 2.24) is 9.88 Å². The van der Waals surface area contributed by atoms with Crippen LogP contribution in [0.25, 0.3) is 0 Å². The smallest absolute Gasteiger partial charge is 0.409 e. The van der Waals surface area contributed by atoms with Crippen LogP contribution in [0.2, 0.25) is 0 Å². The Balaban J connectivity index is 1.67. The number of hydrogen-bond acceptors (Lipinski definition) is 5. The minimum atomic E-state index is -0.377. The van der Waals surface area contributed by atoms with E-state index in [1.54, 1.807) is 11.0 Å². The molecule has 1 aliphatic carbocycles. The molecular formula is C22H25N3O4. The Hall–Kier alpha value is -2.96. The fourth-order valence-electron chi connectivity index (χ4n) is 4.68. The molecule has 2 aliphatic rings. The van der Waals surface area contributed by atoms with E-state index in [0.717, 1.165) is 36.9 Å². The van der Waals surface area contributed by atoms with Gasteiger partial charge in [-0.05, 0) is 55.2 Å². The third kappa shape index (κ3) is 3.81. The first-order valence-corrected chi connectivity index (χ1v) is 10.2. The van der Waals surface area contributed by atoms with E-state index in [1.807, 2.05) is 13.0 Å². The number of likely N-dealkylation sites (tertiary alicyclic amines) is 1. The monoisotopic (exact) mass is 395 g/mol. The molecule has 0 spiro atoms. The third-order valence-corrected chi connectivity index (χ3v) is 6.08. The number of carbonyl (C=O) groups is 1. The molecule has 0 bridgehead atoms. The number of pyridine rings is 1. The summed E-state index contributed by atoms with van der Waals surface area (Å²) in [4.78, 5) is 29.3. The lowest BCUT2D eigenvalue weighted by Gasteiger charge is -2.36. The second kappa shape index (κ2) is 8.19. The first-order chi connectivity index (χ1) is 14.1. The number of aryl methyl sites for hydroxylation is 2. The highest BCUT2D eigenvalue weighted by Crippen LogP contribution is 2.42. The summed E-state index contributed by atoms with van der Waals surface area (Å²) in [7, 11) is 0. The Bertz CT molecular complexity index is 922. The van der Waals surface area contributed by atoms with Gasteiger partial charge in [0.05, 0.1) is 17.2 Å². The van der Waals surface area contributed by atoms with Gasteiger partial charge in [-0.25, -0.2) is 4.79 Å². The zero-order valence-corrected chi connectivity index (χ0v) is 16.5. The lowest BCUT2D eigenvalue weighted by Crippen LogP contribution is -2.40. The number of nitro groups is 1. The average Bonchev–Trinajstić information content (AvgIpc) is 2.90. The van der Waals surface area contributed by atoms with E-state index in [1.165, 1.54) is 17.3 Å². The molecule has 0 saturated carbocycles. The van der Waals surface area contributed by atoms with Crippen LogP contribution in [0.1, 0.15) is 48.1 Å². The maximum absolute atomic E-state index is 12.1. The molecule has 2 aromatic rings. The number of benzene rings is 1. The Morgan fingerprint density at radius 1 is 1.24 bits per heavy atom. The van der Waals surface area contributed by atoms with E-state index in [-0.39, 0.29) is 22.6 Å². The van der Waals surface area contributed by atoms with Gasteiger partial charge in [-0.3, -0.25) is 15.1 Å². The van der Waals surface area contributed by atoms with Crippen LogP contribution in [-0.4, -0.2) is 40.6 Å². The molecule has 1 fully saturated rings. The number of nitrogens with zero attached hydrogens (tertiary/aromatic N) is 3. The van der Waals surface area contributed by atoms with Crippen LogP contribution >= 0.6 is 0 Å². The molecule has 1 aliphatic heterocycles. The lowest BCUT2D eigenvalue weighted by atomic mass is 9.76. The molecule has 29 heavy (non-hydrogen) atoms. The van der Waals surface area contributed by atoms with Crippen LogP contribution < -0.4 is 0 Å². The largest absolute Gasteiger partial charge is 0.450 e. The molecule has 2 heterocycles. The van der Waals surface area contributed by atoms with Crippen LogP contribution in [-0.2, 0) is 17.6 Å². The molecule has 1 amide bonds. The summed E-state index contributed by atoms with van der Waals surface area (Å²) in [5.74, 6) is 0.418. The average molecular weight is 395 g/mol. The van der Waals surface area contributed by atoms with Crippen molar-refractivity contribution in [1.29, 1.82) is 0 Å². The molecule has 1 atom stereocenters. The van der Waals surface area contributed by atoms with Crippen LogP contribution in [0.4, 0.5) is 10.5 Å². The van der Waals surface area contributed by atoms with Gasteiger partial charge in [0.2, 0.25) is 0 Å². The van der Waals surface area contributed by atoms with E-state index in [0.29, 0.717) is 25.6 Å². The number of carbonyl (C=O) groups excluding carboxylic acids is 1. The summed E-state index contributed by atoms with van der Waals surface area (Å²) in [6.07, 6.45) is 4.45. The van der Waals surface area contributed by atoms with Crippen molar-refractivity contribution in [2.75, 3.05) is 19.7 Å². The van der Waals surface area contributed by atoms with E-state index < -0.39 is 0 Å². The predicted molar refractivity (Wildman–Crippen MR) is 108 cm³/mol. The fraction of sp³-hybridized carbons (Fsp3) is 0.455. The number of ether oxygens (including phenoxy) is 1. The fourth-order valence-corrected chi connectivity index (χ4v) is 4.68. The van der Waals surface area contributed by atoms with Gasteiger partial charge in [-0.1, -0.05) is 24.3 Å². The van der Waals surface area contributed by atoms with Gasteiger partial charge in [-0.2, -0.15) is 0 Å². The highest BCUT2D eigenvalue weighted by molar-refractivity contribution is 5.67. The van der Waals surface area contributed by atoms with Gasteiger partial charge >= 0.3 is 6.09 Å². The Morgan fingerprint density at radius 3 is 2.69 bits per heavy atom. The molecule has 1 saturated heterocycles. The summed E-state index contributed by atoms with van der Waals surface area (Å²) >= 11 is 0. The van der Waals surface area contributed by atoms with Gasteiger partial charge in [0.25, 0.3) is 5.69 Å². The summed E-state index contributed by atoms with van der Waals surface area (Å²) < 4.78 is 5.14. The molecule has 152 valence electrons. The van der Waals surface area contributed by atoms with E-state index in [9.17, 15) is 14.9 Å². The number of fused-ring (bicyclic) bond motifs is 2. The molecule has 1 aromatic carbocycles. The van der Waals surface area contributed by atoms with E-state index in [2.05, 4.69) is 23.2 Å². The lowest BCUT2D eigenvalue weighted by molar-refractivity contribution is -0.385. The molecule has 4 rings (SSSR count). The molecule has 0 N–H and O–H groups in total. The number of amides is 1. The minimum Gasteiger partial charge on any atom is -0.450 e. The molecule has 1 aromatic heterocycles. The first kappa shape index (κ1) is 19.4. The Kier molecular flexibility index (Phi) is 5.47. The van der Waals surface area contributed by atoms with Crippen LogP contribution in [0.3, 0.4) is 0 Å². The quantitative estimate of drug-likeness (QED) is 0.577. The Labute approximate surface area is 169 Å². The third-order valence-electron chi connectivity index (χ3n) is 6.08. The molecule has 0 radical (unpaired) electrons. The summed E-state index contributed by atoms with van der Waals surface area (Å²) in [6, 6.07) is 10.1. The van der Waals surface area contributed by atoms with Crippen molar-refractivity contribution < 1.29 is 14.5 Å². The molecule has 1 unspecified atom stereocenters. The predicted octanol–water partition coefficient (Wildman–Crippen LogP) is 4.09. The van der Waals surface area contributed by atoms with Crippen molar-refractivity contribution in [2.45, 2.75) is 38.5 Å². The van der Waals surface area contributed by atoms with E-state index in [4.69, 9.17) is 4.74 Å². The standard InChI is InChI=1S/C22H25N3O4/c1-2-29-22(26)24-11-9-16(10-12-24)20-19-6-4-3-5-15(19)7-8-17-13-18(25(27)28)14-23-21(17)20/h3-6,13-14,16,20H,2,7-12H2,1H3. The summed E-state index contributed by atoms with van der Waals surface area (Å²) in [5, 5.41) is 11.2. The maximum atomic E-state index is 12.1. The maximum Gasteiger partial charge on any atom is 0.409 e. The Morgan fingerprint density at radius 2 is 1.97 bits per heavy atom. The topological polar surface area (TPSA) is 85.6 Å². The van der Waals surface area contributed by atoms with Crippen molar-refractivity contribution in [2.24, 2.45) is 5.92 Å². The highest BCUT2D eigenvalue weighted by atomic mass is 16.6. The minimum absolute atomic E-state index is 0.0468. The number of hydrogen-bond donors (Lipinski definition) is 0.